The molecule has 6 heteroatoms. The van der Waals surface area contributed by atoms with Gasteiger partial charge in [-0.3, -0.25) is 4.79 Å². The first kappa shape index (κ1) is 17.8. The van der Waals surface area contributed by atoms with Gasteiger partial charge in [-0.05, 0) is 31.6 Å². The molecule has 0 aromatic heterocycles. The number of nitrogens with one attached hydrogen (secondary N) is 1. The molecule has 1 aliphatic rings. The molecule has 0 aromatic carbocycles. The largest absolute Gasteiger partial charge is 0.481 e. The molecule has 0 bridgehead atoms. The third-order valence-corrected chi connectivity index (χ3v) is 4.10. The predicted octanol–water partition coefficient (Wildman–Crippen LogP) is 1.94. The number of aliphatic carboxylic acids is 1. The van der Waals surface area contributed by atoms with E-state index in [0.29, 0.717) is 19.1 Å². The molecule has 0 aliphatic heterocycles. The zero-order valence-corrected chi connectivity index (χ0v) is 13.5. The van der Waals surface area contributed by atoms with E-state index in [1.54, 1.807) is 12.0 Å². The molecule has 2 atom stereocenters. The Morgan fingerprint density at radius 2 is 1.95 bits per heavy atom. The van der Waals surface area contributed by atoms with Gasteiger partial charge in [-0.1, -0.05) is 13.8 Å². The zero-order chi connectivity index (χ0) is 16.0. The molecular weight excluding hydrogens is 272 g/mol. The molecule has 0 heterocycles. The highest BCUT2D eigenvalue weighted by Crippen LogP contribution is 2.35. The highest BCUT2D eigenvalue weighted by molar-refractivity contribution is 5.76. The van der Waals surface area contributed by atoms with E-state index in [0.717, 1.165) is 12.8 Å². The third-order valence-electron chi connectivity index (χ3n) is 4.10. The van der Waals surface area contributed by atoms with E-state index in [2.05, 4.69) is 12.2 Å². The number of ether oxygens (including phenoxy) is 1. The number of urea groups is 1. The second-order valence-electron chi connectivity index (χ2n) is 6.16. The second kappa shape index (κ2) is 8.22. The molecule has 0 spiro atoms. The molecule has 1 rings (SSSR count). The lowest BCUT2D eigenvalue weighted by molar-refractivity contribution is -0.137. The summed E-state index contributed by atoms with van der Waals surface area (Å²) in [6.07, 6.45) is 2.25. The van der Waals surface area contributed by atoms with Crippen molar-refractivity contribution in [3.05, 3.63) is 0 Å². The van der Waals surface area contributed by atoms with Crippen LogP contribution in [0.25, 0.3) is 0 Å². The van der Waals surface area contributed by atoms with E-state index in [1.807, 2.05) is 13.8 Å². The van der Waals surface area contributed by atoms with Gasteiger partial charge in [0.1, 0.15) is 0 Å². The molecule has 2 amide bonds. The molecule has 1 aliphatic carbocycles. The van der Waals surface area contributed by atoms with Gasteiger partial charge in [0.2, 0.25) is 0 Å². The molecule has 0 aromatic rings. The van der Waals surface area contributed by atoms with Crippen LogP contribution in [-0.4, -0.2) is 54.4 Å². The number of hydrogen-bond acceptors (Lipinski definition) is 3. The van der Waals surface area contributed by atoms with E-state index in [-0.39, 0.29) is 30.5 Å². The first-order valence-corrected chi connectivity index (χ1v) is 7.64. The Kier molecular flexibility index (Phi) is 6.95. The average Bonchev–Trinajstić information content (AvgIpc) is 3.21. The minimum Gasteiger partial charge on any atom is -0.481 e. The van der Waals surface area contributed by atoms with Crippen LogP contribution in [0, 0.1) is 11.8 Å². The smallest absolute Gasteiger partial charge is 0.317 e. The monoisotopic (exact) mass is 300 g/mol. The van der Waals surface area contributed by atoms with Crippen LogP contribution in [0.3, 0.4) is 0 Å². The van der Waals surface area contributed by atoms with Crippen LogP contribution in [0.15, 0.2) is 0 Å². The zero-order valence-electron chi connectivity index (χ0n) is 13.5. The van der Waals surface area contributed by atoms with Gasteiger partial charge in [-0.15, -0.1) is 0 Å². The van der Waals surface area contributed by atoms with Gasteiger partial charge in [0.25, 0.3) is 0 Å². The Morgan fingerprint density at radius 3 is 2.38 bits per heavy atom. The van der Waals surface area contributed by atoms with Crippen molar-refractivity contribution < 1.29 is 19.4 Å². The van der Waals surface area contributed by atoms with Crippen molar-refractivity contribution >= 4 is 12.0 Å². The molecule has 1 saturated carbocycles. The van der Waals surface area contributed by atoms with Gasteiger partial charge < -0.3 is 20.1 Å². The lowest BCUT2D eigenvalue weighted by atomic mass is 10.0. The first-order valence-electron chi connectivity index (χ1n) is 7.64. The summed E-state index contributed by atoms with van der Waals surface area (Å²) in [7, 11) is 1.61. The number of carbonyl (C=O) groups excluding carboxylic acids is 1. The van der Waals surface area contributed by atoms with Gasteiger partial charge in [0, 0.05) is 25.7 Å². The van der Waals surface area contributed by atoms with Crippen molar-refractivity contribution in [2.24, 2.45) is 11.8 Å². The van der Waals surface area contributed by atoms with Crippen LogP contribution in [0.4, 0.5) is 4.79 Å². The van der Waals surface area contributed by atoms with Crippen LogP contribution >= 0.6 is 0 Å². The highest BCUT2D eigenvalue weighted by Gasteiger charge is 2.35. The van der Waals surface area contributed by atoms with Gasteiger partial charge in [0.15, 0.2) is 0 Å². The summed E-state index contributed by atoms with van der Waals surface area (Å²) >= 11 is 0. The number of carbonyl (C=O) groups is 2. The van der Waals surface area contributed by atoms with E-state index in [1.165, 1.54) is 0 Å². The number of carboxylic acids is 1. The Balaban J connectivity index is 2.66. The minimum atomic E-state index is -0.896. The first-order chi connectivity index (χ1) is 9.86. The maximum absolute atomic E-state index is 12.5. The number of rotatable bonds is 9. The molecule has 2 N–H and O–H groups in total. The van der Waals surface area contributed by atoms with Crippen LogP contribution in [-0.2, 0) is 9.53 Å². The normalized spacial score (nSPS) is 17.4. The standard InChI is InChI=1S/C15H28N2O4/c1-10(2)13(9-14(18)19)16-15(20)17(7-8-21-4)11(3)12-5-6-12/h10-13H,5-9H2,1-4H3,(H,16,20)(H,18,19). The summed E-state index contributed by atoms with van der Waals surface area (Å²) in [6, 6.07) is -0.379. The molecule has 1 fully saturated rings. The summed E-state index contributed by atoms with van der Waals surface area (Å²) < 4.78 is 5.07. The Hall–Kier alpha value is -1.30. The fraction of sp³-hybridized carbons (Fsp3) is 0.867. The lowest BCUT2D eigenvalue weighted by Gasteiger charge is -2.32. The average molecular weight is 300 g/mol. The summed E-state index contributed by atoms with van der Waals surface area (Å²) in [5, 5.41) is 11.8. The van der Waals surface area contributed by atoms with Gasteiger partial charge >= 0.3 is 12.0 Å². The molecule has 0 saturated heterocycles. The van der Waals surface area contributed by atoms with Crippen LogP contribution in [0.1, 0.15) is 40.0 Å². The van der Waals surface area contributed by atoms with E-state index in [4.69, 9.17) is 9.84 Å². The number of carboxylic acid groups (broad SMARTS) is 1. The van der Waals surface area contributed by atoms with E-state index < -0.39 is 5.97 Å². The summed E-state index contributed by atoms with van der Waals surface area (Å²) in [4.78, 5) is 25.2. The number of nitrogens with zero attached hydrogens (tertiary/aromatic N) is 1. The number of methoxy groups -OCH3 is 1. The SMILES string of the molecule is COCCN(C(=O)NC(CC(=O)O)C(C)C)C(C)C1CC1. The van der Waals surface area contributed by atoms with Crippen molar-refractivity contribution in [2.75, 3.05) is 20.3 Å². The Bertz CT molecular complexity index is 356. The number of amides is 2. The van der Waals surface area contributed by atoms with Gasteiger partial charge in [0.05, 0.1) is 13.0 Å². The van der Waals surface area contributed by atoms with Crippen molar-refractivity contribution in [1.29, 1.82) is 0 Å². The predicted molar refractivity (Wildman–Crippen MR) is 80.2 cm³/mol. The highest BCUT2D eigenvalue weighted by atomic mass is 16.5. The van der Waals surface area contributed by atoms with Crippen molar-refractivity contribution in [1.82, 2.24) is 10.2 Å². The lowest BCUT2D eigenvalue weighted by Crippen LogP contribution is -2.51. The van der Waals surface area contributed by atoms with Gasteiger partial charge in [-0.25, -0.2) is 4.79 Å². The van der Waals surface area contributed by atoms with Crippen molar-refractivity contribution in [3.63, 3.8) is 0 Å². The molecule has 21 heavy (non-hydrogen) atoms. The molecule has 122 valence electrons. The van der Waals surface area contributed by atoms with E-state index in [9.17, 15) is 9.59 Å². The minimum absolute atomic E-state index is 0.0562. The molecular formula is C15H28N2O4. The Labute approximate surface area is 126 Å². The fourth-order valence-electron chi connectivity index (χ4n) is 2.40. The molecule has 0 radical (unpaired) electrons. The quantitative estimate of drug-likeness (QED) is 0.682. The molecule has 2 unspecified atom stereocenters. The van der Waals surface area contributed by atoms with Crippen molar-refractivity contribution in [2.45, 2.75) is 52.1 Å². The fourth-order valence-corrected chi connectivity index (χ4v) is 2.40. The third kappa shape index (κ3) is 5.91. The van der Waals surface area contributed by atoms with Crippen molar-refractivity contribution in [3.8, 4) is 0 Å². The maximum Gasteiger partial charge on any atom is 0.317 e. The maximum atomic E-state index is 12.5. The van der Waals surface area contributed by atoms with Gasteiger partial charge in [-0.2, -0.15) is 0 Å². The summed E-state index contributed by atoms with van der Waals surface area (Å²) in [5.74, 6) is -0.261. The van der Waals surface area contributed by atoms with Crippen LogP contribution in [0.5, 0.6) is 0 Å². The second-order valence-corrected chi connectivity index (χ2v) is 6.16. The summed E-state index contributed by atoms with van der Waals surface area (Å²) in [5.41, 5.74) is 0. The van der Waals surface area contributed by atoms with E-state index >= 15 is 0 Å². The summed E-state index contributed by atoms with van der Waals surface area (Å²) in [6.45, 7) is 6.89. The molecule has 6 nitrogen and oxygen atoms in total. The van der Waals surface area contributed by atoms with Crippen LogP contribution in [0.2, 0.25) is 0 Å². The number of hydrogen-bond donors (Lipinski definition) is 2. The Morgan fingerprint density at radius 1 is 1.33 bits per heavy atom. The van der Waals surface area contributed by atoms with Crippen LogP contribution < -0.4 is 5.32 Å². The topological polar surface area (TPSA) is 78.9 Å².